The van der Waals surface area contributed by atoms with Crippen LogP contribution in [0.4, 0.5) is 0 Å². The highest BCUT2D eigenvalue weighted by atomic mass is 16.7. The van der Waals surface area contributed by atoms with Crippen LogP contribution in [-0.4, -0.2) is 48.8 Å². The summed E-state index contributed by atoms with van der Waals surface area (Å²) in [7, 11) is 1.79. The van der Waals surface area contributed by atoms with E-state index in [1.807, 2.05) is 32.0 Å². The highest BCUT2D eigenvalue weighted by Gasteiger charge is 2.54. The number of aromatic nitrogens is 6. The summed E-state index contributed by atoms with van der Waals surface area (Å²) >= 11 is 0. The summed E-state index contributed by atoms with van der Waals surface area (Å²) in [5.41, 5.74) is 3.45. The first-order chi connectivity index (χ1) is 15.6. The molecular formula is C24H32N6O2. The number of hydrogen-bond acceptors (Lipinski definition) is 6. The van der Waals surface area contributed by atoms with E-state index in [0.29, 0.717) is 25.1 Å². The molecule has 1 saturated heterocycles. The van der Waals surface area contributed by atoms with Gasteiger partial charge in [-0.05, 0) is 30.4 Å². The van der Waals surface area contributed by atoms with E-state index in [2.05, 4.69) is 39.0 Å². The smallest absolute Gasteiger partial charge is 0.276 e. The number of tetrazole rings is 1. The van der Waals surface area contributed by atoms with Gasteiger partial charge in [0.15, 0.2) is 5.79 Å². The molecule has 0 amide bonds. The summed E-state index contributed by atoms with van der Waals surface area (Å²) in [6.07, 6.45) is 4.88. The van der Waals surface area contributed by atoms with Crippen molar-refractivity contribution in [1.82, 2.24) is 29.8 Å². The van der Waals surface area contributed by atoms with Crippen LogP contribution >= 0.6 is 0 Å². The fraction of sp³-hybridized carbons (Fsp3) is 0.583. The maximum atomic E-state index is 6.05. The van der Waals surface area contributed by atoms with Crippen LogP contribution in [0.2, 0.25) is 0 Å². The summed E-state index contributed by atoms with van der Waals surface area (Å²) in [6, 6.07) is 10.3. The number of benzene rings is 1. The molecule has 1 aliphatic heterocycles. The third kappa shape index (κ3) is 3.28. The van der Waals surface area contributed by atoms with Crippen molar-refractivity contribution in [1.29, 1.82) is 0 Å². The summed E-state index contributed by atoms with van der Waals surface area (Å²) in [5.74, 6) is 1.59. The quantitative estimate of drug-likeness (QED) is 0.607. The number of rotatable bonds is 2. The van der Waals surface area contributed by atoms with Crippen LogP contribution < -0.4 is 0 Å². The van der Waals surface area contributed by atoms with E-state index in [9.17, 15) is 0 Å². The van der Waals surface area contributed by atoms with E-state index in [1.54, 1.807) is 7.05 Å². The predicted molar refractivity (Wildman–Crippen MR) is 120 cm³/mol. The molecule has 2 fully saturated rings. The van der Waals surface area contributed by atoms with Gasteiger partial charge in [-0.2, -0.15) is 4.80 Å². The minimum Gasteiger partial charge on any atom is -0.348 e. The molecule has 0 bridgehead atoms. The van der Waals surface area contributed by atoms with Gasteiger partial charge in [0.1, 0.15) is 5.82 Å². The van der Waals surface area contributed by atoms with E-state index in [-0.39, 0.29) is 11.2 Å². The van der Waals surface area contributed by atoms with Crippen LogP contribution in [0, 0.1) is 5.92 Å². The Balaban J connectivity index is 0.00000105. The number of aryl methyl sites for hydroxylation is 1. The lowest BCUT2D eigenvalue weighted by atomic mass is 9.59. The maximum Gasteiger partial charge on any atom is 0.276 e. The monoisotopic (exact) mass is 436 g/mol. The molecule has 8 nitrogen and oxygen atoms in total. The molecule has 1 saturated carbocycles. The van der Waals surface area contributed by atoms with E-state index >= 15 is 0 Å². The van der Waals surface area contributed by atoms with Crippen molar-refractivity contribution in [2.24, 2.45) is 13.0 Å². The first kappa shape index (κ1) is 21.3. The molecule has 3 aromatic rings. The highest BCUT2D eigenvalue weighted by Crippen LogP contribution is 2.54. The minimum absolute atomic E-state index is 0.00880. The van der Waals surface area contributed by atoms with Crippen molar-refractivity contribution in [3.8, 4) is 17.3 Å². The van der Waals surface area contributed by atoms with Gasteiger partial charge < -0.3 is 9.47 Å². The molecule has 6 rings (SSSR count). The van der Waals surface area contributed by atoms with Crippen molar-refractivity contribution in [2.75, 3.05) is 13.2 Å². The molecule has 2 aromatic heterocycles. The molecule has 3 heterocycles. The second-order valence-corrected chi connectivity index (χ2v) is 8.98. The first-order valence-corrected chi connectivity index (χ1v) is 11.8. The third-order valence-electron chi connectivity index (χ3n) is 7.27. The summed E-state index contributed by atoms with van der Waals surface area (Å²) in [5, 5.41) is 12.9. The van der Waals surface area contributed by atoms with Crippen molar-refractivity contribution in [3.63, 3.8) is 0 Å². The Hall–Kier alpha value is -2.58. The van der Waals surface area contributed by atoms with Gasteiger partial charge in [-0.1, -0.05) is 56.2 Å². The van der Waals surface area contributed by atoms with E-state index < -0.39 is 0 Å². The summed E-state index contributed by atoms with van der Waals surface area (Å²) < 4.78 is 14.2. The lowest BCUT2D eigenvalue weighted by Crippen LogP contribution is -2.49. The average Bonchev–Trinajstić information content (AvgIpc) is 3.55. The van der Waals surface area contributed by atoms with Gasteiger partial charge in [-0.15, -0.1) is 5.10 Å². The molecule has 2 aliphatic carbocycles. The molecule has 32 heavy (non-hydrogen) atoms. The number of ether oxygens (including phenoxy) is 2. The maximum absolute atomic E-state index is 6.05. The normalized spacial score (nSPS) is 25.7. The molecule has 1 spiro atoms. The van der Waals surface area contributed by atoms with Gasteiger partial charge in [0.05, 0.1) is 26.0 Å². The van der Waals surface area contributed by atoms with Gasteiger partial charge in [0.2, 0.25) is 0 Å². The van der Waals surface area contributed by atoms with Gasteiger partial charge in [-0.25, -0.2) is 4.98 Å². The summed E-state index contributed by atoms with van der Waals surface area (Å²) in [6.45, 7) is 7.79. The van der Waals surface area contributed by atoms with Crippen LogP contribution in [0.25, 0.3) is 17.3 Å². The molecular weight excluding hydrogens is 404 g/mol. The Kier molecular flexibility index (Phi) is 5.37. The van der Waals surface area contributed by atoms with Crippen LogP contribution in [0.1, 0.15) is 57.8 Å². The Morgan fingerprint density at radius 1 is 1.06 bits per heavy atom. The molecule has 2 unspecified atom stereocenters. The molecule has 0 radical (unpaired) electrons. The summed E-state index contributed by atoms with van der Waals surface area (Å²) in [4.78, 5) is 6.75. The van der Waals surface area contributed by atoms with Crippen molar-refractivity contribution in [3.05, 3.63) is 41.7 Å². The molecule has 8 heteroatoms. The number of fused-ring (bicyclic) bond motifs is 3. The van der Waals surface area contributed by atoms with Crippen LogP contribution in [0.3, 0.4) is 0 Å². The predicted octanol–water partition coefficient (Wildman–Crippen LogP) is 3.84. The standard InChI is InChI=1S/C22H26N6O2.C2H6/c1-21-10-11-22(29-12-13-30-22)14-16(21)8-9-17-18(21)23-19(15-6-4-3-5-7-15)28(17)20-24-26-27(2)25-20;1-2/h3-7,16H,8-14H2,1-2H3;1-2H3. The SMILES string of the molecule is CC.Cn1nnc(-n2c(-c3ccccc3)nc3c2CCC2CC4(CCC32C)OCCO4)n1. The molecule has 170 valence electrons. The third-order valence-corrected chi connectivity index (χ3v) is 7.27. The van der Waals surface area contributed by atoms with Crippen molar-refractivity contribution >= 4 is 0 Å². The molecule has 3 aliphatic rings. The zero-order valence-electron chi connectivity index (χ0n) is 19.4. The lowest BCUT2D eigenvalue weighted by Gasteiger charge is -2.49. The second-order valence-electron chi connectivity index (χ2n) is 8.98. The average molecular weight is 437 g/mol. The van der Waals surface area contributed by atoms with Gasteiger partial charge in [-0.3, -0.25) is 4.57 Å². The second kappa shape index (κ2) is 8.08. The molecule has 1 aromatic carbocycles. The number of hydrogen-bond donors (Lipinski definition) is 0. The molecule has 2 atom stereocenters. The van der Waals surface area contributed by atoms with E-state index in [0.717, 1.165) is 43.5 Å². The Morgan fingerprint density at radius 3 is 2.50 bits per heavy atom. The number of nitrogens with zero attached hydrogens (tertiary/aromatic N) is 6. The van der Waals surface area contributed by atoms with Crippen LogP contribution in [0.5, 0.6) is 0 Å². The van der Waals surface area contributed by atoms with Gasteiger partial charge in [0, 0.05) is 29.5 Å². The Bertz CT molecular complexity index is 1090. The van der Waals surface area contributed by atoms with E-state index in [1.165, 1.54) is 16.2 Å². The molecule has 0 N–H and O–H groups in total. The van der Waals surface area contributed by atoms with Crippen molar-refractivity contribution in [2.45, 2.75) is 64.1 Å². The minimum atomic E-state index is -0.376. The largest absolute Gasteiger partial charge is 0.348 e. The van der Waals surface area contributed by atoms with Crippen LogP contribution in [-0.2, 0) is 28.4 Å². The fourth-order valence-corrected chi connectivity index (χ4v) is 5.66. The zero-order valence-corrected chi connectivity index (χ0v) is 19.4. The Labute approximate surface area is 188 Å². The first-order valence-electron chi connectivity index (χ1n) is 11.8. The highest BCUT2D eigenvalue weighted by molar-refractivity contribution is 5.60. The fourth-order valence-electron chi connectivity index (χ4n) is 5.66. The number of imidazole rings is 1. The van der Waals surface area contributed by atoms with Crippen LogP contribution in [0.15, 0.2) is 30.3 Å². The zero-order chi connectivity index (χ0) is 22.3. The van der Waals surface area contributed by atoms with Crippen molar-refractivity contribution < 1.29 is 9.47 Å². The lowest BCUT2D eigenvalue weighted by molar-refractivity contribution is -0.199. The topological polar surface area (TPSA) is 79.9 Å². The Morgan fingerprint density at radius 2 is 1.81 bits per heavy atom. The van der Waals surface area contributed by atoms with E-state index in [4.69, 9.17) is 14.5 Å². The van der Waals surface area contributed by atoms with Gasteiger partial charge >= 0.3 is 0 Å². The van der Waals surface area contributed by atoms with Gasteiger partial charge in [0.25, 0.3) is 5.95 Å².